The van der Waals surface area contributed by atoms with Gasteiger partial charge in [0.15, 0.2) is 0 Å². The molecule has 0 bridgehead atoms. The summed E-state index contributed by atoms with van der Waals surface area (Å²) in [6.45, 7) is 0.583. The number of nitrogens with one attached hydrogen (secondary N) is 1. The van der Waals surface area contributed by atoms with Crippen LogP contribution in [0.25, 0.3) is 22.4 Å². The van der Waals surface area contributed by atoms with Gasteiger partial charge in [0.2, 0.25) is 5.89 Å². The molecule has 2 heterocycles. The molecule has 0 aliphatic carbocycles. The summed E-state index contributed by atoms with van der Waals surface area (Å²) >= 11 is 0. The van der Waals surface area contributed by atoms with Gasteiger partial charge in [0, 0.05) is 23.5 Å². The lowest BCUT2D eigenvalue weighted by Crippen LogP contribution is -2.02. The van der Waals surface area contributed by atoms with Crippen molar-refractivity contribution >= 4 is 10.9 Å². The van der Waals surface area contributed by atoms with E-state index < -0.39 is 0 Å². The molecule has 4 heteroatoms. The normalized spacial score (nSPS) is 11.1. The highest BCUT2D eigenvalue weighted by molar-refractivity contribution is 5.93. The van der Waals surface area contributed by atoms with Crippen LogP contribution >= 0.6 is 0 Å². The minimum atomic E-state index is 0.583. The minimum Gasteiger partial charge on any atom is -0.444 e. The zero-order valence-electron chi connectivity index (χ0n) is 9.31. The van der Waals surface area contributed by atoms with Gasteiger partial charge in [-0.2, -0.15) is 0 Å². The fourth-order valence-electron chi connectivity index (χ4n) is 1.94. The number of hydrogen-bond donors (Lipinski definition) is 2. The number of aromatic nitrogens is 2. The van der Waals surface area contributed by atoms with Gasteiger partial charge in [0.05, 0.1) is 11.3 Å². The number of nitrogens with two attached hydrogens (primary N) is 1. The van der Waals surface area contributed by atoms with Crippen LogP contribution in [0, 0.1) is 0 Å². The molecule has 1 aromatic carbocycles. The summed E-state index contributed by atoms with van der Waals surface area (Å²) in [4.78, 5) is 7.63. The summed E-state index contributed by atoms with van der Waals surface area (Å²) in [5, 5.41) is 1.12. The van der Waals surface area contributed by atoms with Crippen molar-refractivity contribution in [1.82, 2.24) is 9.97 Å². The van der Waals surface area contributed by atoms with Crippen LogP contribution in [0.4, 0.5) is 0 Å². The van der Waals surface area contributed by atoms with E-state index >= 15 is 0 Å². The largest absolute Gasteiger partial charge is 0.444 e. The van der Waals surface area contributed by atoms with Crippen molar-refractivity contribution in [3.8, 4) is 11.5 Å². The van der Waals surface area contributed by atoms with Gasteiger partial charge < -0.3 is 15.1 Å². The number of H-pyrrole nitrogens is 1. The van der Waals surface area contributed by atoms with Crippen molar-refractivity contribution in [2.45, 2.75) is 6.42 Å². The lowest BCUT2D eigenvalue weighted by atomic mass is 10.2. The first-order valence-electron chi connectivity index (χ1n) is 5.59. The molecule has 0 aliphatic heterocycles. The van der Waals surface area contributed by atoms with Crippen LogP contribution in [0.15, 0.2) is 41.1 Å². The maximum Gasteiger partial charge on any atom is 0.228 e. The Labute approximate surface area is 98.5 Å². The second kappa shape index (κ2) is 4.07. The molecule has 0 saturated heterocycles. The molecule has 0 amide bonds. The van der Waals surface area contributed by atoms with Crippen LogP contribution in [0.5, 0.6) is 0 Å². The summed E-state index contributed by atoms with van der Waals surface area (Å²) < 4.78 is 5.48. The van der Waals surface area contributed by atoms with Crippen LogP contribution in [-0.2, 0) is 6.42 Å². The Hall–Kier alpha value is -2.07. The van der Waals surface area contributed by atoms with Gasteiger partial charge in [-0.25, -0.2) is 4.98 Å². The zero-order valence-corrected chi connectivity index (χ0v) is 9.31. The first kappa shape index (κ1) is 10.1. The molecule has 4 nitrogen and oxygen atoms in total. The number of para-hydroxylation sites is 1. The highest BCUT2D eigenvalue weighted by atomic mass is 16.3. The second-order valence-corrected chi connectivity index (χ2v) is 3.93. The van der Waals surface area contributed by atoms with Crippen molar-refractivity contribution in [3.63, 3.8) is 0 Å². The van der Waals surface area contributed by atoms with Crippen LogP contribution in [0.2, 0.25) is 0 Å². The Morgan fingerprint density at radius 3 is 3.06 bits per heavy atom. The molecular weight excluding hydrogens is 214 g/mol. The fraction of sp³-hybridized carbons (Fsp3) is 0.154. The van der Waals surface area contributed by atoms with E-state index in [0.29, 0.717) is 12.4 Å². The van der Waals surface area contributed by atoms with Gasteiger partial charge in [-0.15, -0.1) is 0 Å². The van der Waals surface area contributed by atoms with Gasteiger partial charge in [0.1, 0.15) is 6.26 Å². The predicted molar refractivity (Wildman–Crippen MR) is 66.6 cm³/mol. The Kier molecular flexibility index (Phi) is 2.42. The Morgan fingerprint density at radius 2 is 2.18 bits per heavy atom. The average molecular weight is 227 g/mol. The first-order chi connectivity index (χ1) is 8.38. The molecule has 17 heavy (non-hydrogen) atoms. The van der Waals surface area contributed by atoms with Crippen molar-refractivity contribution in [1.29, 1.82) is 0 Å². The number of rotatable bonds is 3. The van der Waals surface area contributed by atoms with E-state index in [4.69, 9.17) is 10.2 Å². The van der Waals surface area contributed by atoms with Crippen LogP contribution < -0.4 is 5.73 Å². The van der Waals surface area contributed by atoms with Crippen LogP contribution in [0.1, 0.15) is 5.69 Å². The minimum absolute atomic E-state index is 0.583. The van der Waals surface area contributed by atoms with Crippen LogP contribution in [0.3, 0.4) is 0 Å². The first-order valence-corrected chi connectivity index (χ1v) is 5.59. The Morgan fingerprint density at radius 1 is 1.29 bits per heavy atom. The summed E-state index contributed by atoms with van der Waals surface area (Å²) in [5.74, 6) is 0.644. The Bertz CT molecular complexity index is 639. The fourth-order valence-corrected chi connectivity index (χ4v) is 1.94. The standard InChI is InChI=1S/C13H13N3O/c14-6-5-9-8-17-13(16-9)11-7-15-12-4-2-1-3-10(11)12/h1-4,7-8,15H,5-6,14H2. The van der Waals surface area contributed by atoms with Gasteiger partial charge in [-0.05, 0) is 12.6 Å². The zero-order chi connectivity index (χ0) is 11.7. The van der Waals surface area contributed by atoms with E-state index in [9.17, 15) is 0 Å². The molecule has 0 atom stereocenters. The van der Waals surface area contributed by atoms with Crippen molar-refractivity contribution < 1.29 is 4.42 Å². The molecule has 2 aromatic heterocycles. The SMILES string of the molecule is NCCc1coc(-c2c[nH]c3ccccc23)n1. The molecule has 0 unspecified atom stereocenters. The molecule has 0 spiro atoms. The summed E-state index contributed by atoms with van der Waals surface area (Å²) in [7, 11) is 0. The maximum absolute atomic E-state index is 5.49. The van der Waals surface area contributed by atoms with E-state index in [-0.39, 0.29) is 0 Å². The third-order valence-electron chi connectivity index (χ3n) is 2.77. The van der Waals surface area contributed by atoms with Gasteiger partial charge >= 0.3 is 0 Å². The molecule has 3 rings (SSSR count). The Balaban J connectivity index is 2.07. The summed E-state index contributed by atoms with van der Waals surface area (Å²) in [5.41, 5.74) is 8.46. The highest BCUT2D eigenvalue weighted by Crippen LogP contribution is 2.27. The molecule has 0 aliphatic rings. The topological polar surface area (TPSA) is 67.8 Å². The van der Waals surface area contributed by atoms with E-state index in [1.165, 1.54) is 0 Å². The predicted octanol–water partition coefficient (Wildman–Crippen LogP) is 2.32. The number of hydrogen-bond acceptors (Lipinski definition) is 3. The smallest absolute Gasteiger partial charge is 0.228 e. The molecule has 0 radical (unpaired) electrons. The highest BCUT2D eigenvalue weighted by Gasteiger charge is 2.11. The summed E-state index contributed by atoms with van der Waals surface area (Å²) in [6, 6.07) is 8.08. The lowest BCUT2D eigenvalue weighted by Gasteiger charge is -1.92. The maximum atomic E-state index is 5.49. The third-order valence-corrected chi connectivity index (χ3v) is 2.77. The van der Waals surface area contributed by atoms with Crippen molar-refractivity contribution in [2.75, 3.05) is 6.54 Å². The number of nitrogens with zero attached hydrogens (tertiary/aromatic N) is 1. The number of fused-ring (bicyclic) bond motifs is 1. The van der Waals surface area contributed by atoms with E-state index in [1.54, 1.807) is 6.26 Å². The molecule has 0 saturated carbocycles. The molecular formula is C13H13N3O. The number of oxazole rings is 1. The monoisotopic (exact) mass is 227 g/mol. The van der Waals surface area contributed by atoms with Gasteiger partial charge in [-0.1, -0.05) is 18.2 Å². The number of aromatic amines is 1. The summed E-state index contributed by atoms with van der Waals surface area (Å²) in [6.07, 6.45) is 4.33. The van der Waals surface area contributed by atoms with E-state index in [2.05, 4.69) is 9.97 Å². The van der Waals surface area contributed by atoms with Crippen molar-refractivity contribution in [2.24, 2.45) is 5.73 Å². The van der Waals surface area contributed by atoms with Crippen molar-refractivity contribution in [3.05, 3.63) is 42.4 Å². The average Bonchev–Trinajstić information content (AvgIpc) is 2.95. The third kappa shape index (κ3) is 1.72. The quantitative estimate of drug-likeness (QED) is 0.721. The van der Waals surface area contributed by atoms with Gasteiger partial charge in [-0.3, -0.25) is 0 Å². The van der Waals surface area contributed by atoms with E-state index in [1.807, 2.05) is 30.5 Å². The lowest BCUT2D eigenvalue weighted by molar-refractivity contribution is 0.573. The second-order valence-electron chi connectivity index (χ2n) is 3.93. The molecule has 0 fully saturated rings. The van der Waals surface area contributed by atoms with Crippen LogP contribution in [-0.4, -0.2) is 16.5 Å². The number of benzene rings is 1. The molecule has 3 aromatic rings. The molecule has 3 N–H and O–H groups in total. The van der Waals surface area contributed by atoms with Gasteiger partial charge in [0.25, 0.3) is 0 Å². The van der Waals surface area contributed by atoms with E-state index in [0.717, 1.165) is 28.6 Å². The molecule has 86 valence electrons.